The molecule has 0 bridgehead atoms. The molecule has 0 amide bonds. The van der Waals surface area contributed by atoms with Gasteiger partial charge in [-0.15, -0.1) is 11.3 Å². The fraction of sp³-hybridized carbons (Fsp3) is 0.150. The van der Waals surface area contributed by atoms with E-state index in [1.165, 1.54) is 11.3 Å². The number of thiazole rings is 1. The number of nitrogens with zero attached hydrogens (tertiary/aromatic N) is 2. The van der Waals surface area contributed by atoms with Crippen LogP contribution in [0.5, 0.6) is 0 Å². The van der Waals surface area contributed by atoms with Crippen molar-refractivity contribution < 1.29 is 0 Å². The van der Waals surface area contributed by atoms with Gasteiger partial charge in [0.2, 0.25) is 0 Å². The fourth-order valence-corrected chi connectivity index (χ4v) is 5.67. The minimum absolute atomic E-state index is 0.0295. The summed E-state index contributed by atoms with van der Waals surface area (Å²) in [5, 5.41) is 4.92. The van der Waals surface area contributed by atoms with Crippen LogP contribution in [0.15, 0.2) is 58.2 Å². The number of rotatable bonds is 3. The maximum absolute atomic E-state index is 13.0. The van der Waals surface area contributed by atoms with E-state index in [4.69, 9.17) is 11.6 Å². The lowest BCUT2D eigenvalue weighted by molar-refractivity contribution is 0.722. The summed E-state index contributed by atoms with van der Waals surface area (Å²) < 4.78 is 3.42. The number of benzene rings is 2. The summed E-state index contributed by atoms with van der Waals surface area (Å²) in [6.45, 7) is 2.60. The quantitative estimate of drug-likeness (QED) is 0.707. The molecule has 7 heteroatoms. The van der Waals surface area contributed by atoms with Crippen LogP contribution < -0.4 is 25.0 Å². The molecule has 0 saturated heterocycles. The van der Waals surface area contributed by atoms with E-state index >= 15 is 0 Å². The standard InChI is InChI=1S/C20H18ClN3OS2/c1-3-24-16(12-22-13-8-5-4-6-9-13)26-18(19(24)25)20-23(2)15-11-7-10-14(21)17(15)27-20/h4-12,22H,3H2,1-2H3/b16-12-,20-18+. The number of thioether (sulfide) groups is 1. The first-order valence-corrected chi connectivity index (χ1v) is 10.6. The number of nitrogens with one attached hydrogen (secondary N) is 1. The second kappa shape index (κ2) is 7.46. The number of para-hydroxylation sites is 1. The van der Waals surface area contributed by atoms with Gasteiger partial charge in [0.05, 0.1) is 15.6 Å². The van der Waals surface area contributed by atoms with Gasteiger partial charge >= 0.3 is 0 Å². The van der Waals surface area contributed by atoms with Crippen LogP contribution in [-0.4, -0.2) is 11.6 Å². The van der Waals surface area contributed by atoms with Crippen LogP contribution in [0.25, 0.3) is 11.2 Å². The van der Waals surface area contributed by atoms with E-state index in [1.54, 1.807) is 16.3 Å². The first-order chi connectivity index (χ1) is 13.1. The first-order valence-electron chi connectivity index (χ1n) is 8.56. The van der Waals surface area contributed by atoms with Crippen LogP contribution >= 0.6 is 34.7 Å². The molecule has 1 aliphatic heterocycles. The number of hydrogen-bond acceptors (Lipinski definition) is 5. The van der Waals surface area contributed by atoms with Crippen molar-refractivity contribution in [3.05, 3.63) is 73.1 Å². The third kappa shape index (κ3) is 3.29. The molecule has 2 aromatic carbocycles. The Hall–Kier alpha value is -2.15. The Morgan fingerprint density at radius 1 is 1.15 bits per heavy atom. The van der Waals surface area contributed by atoms with Crippen molar-refractivity contribution in [3.8, 4) is 0 Å². The van der Waals surface area contributed by atoms with Gasteiger partial charge in [0.1, 0.15) is 14.2 Å². The van der Waals surface area contributed by atoms with Gasteiger partial charge in [-0.2, -0.15) is 0 Å². The third-order valence-corrected chi connectivity index (χ3v) is 7.35. The molecule has 4 rings (SSSR count). The highest BCUT2D eigenvalue weighted by atomic mass is 35.5. The highest BCUT2D eigenvalue weighted by Gasteiger charge is 2.26. The summed E-state index contributed by atoms with van der Waals surface area (Å²) in [6.07, 6.45) is 1.90. The van der Waals surface area contributed by atoms with Crippen molar-refractivity contribution in [2.24, 2.45) is 0 Å². The van der Waals surface area contributed by atoms with E-state index in [0.29, 0.717) is 11.6 Å². The molecule has 27 heavy (non-hydrogen) atoms. The molecule has 2 heterocycles. The molecular formula is C20H18ClN3OS2. The van der Waals surface area contributed by atoms with Crippen LogP contribution in [0.3, 0.4) is 0 Å². The van der Waals surface area contributed by atoms with Gasteiger partial charge in [-0.05, 0) is 31.2 Å². The molecule has 0 fully saturated rings. The van der Waals surface area contributed by atoms with Gasteiger partial charge in [-0.3, -0.25) is 9.36 Å². The number of hydrogen-bond donors (Lipinski definition) is 1. The smallest absolute Gasteiger partial charge is 0.271 e. The van der Waals surface area contributed by atoms with E-state index in [2.05, 4.69) is 5.32 Å². The average molecular weight is 416 g/mol. The molecule has 4 nitrogen and oxygen atoms in total. The Labute approximate surface area is 170 Å². The van der Waals surface area contributed by atoms with Crippen molar-refractivity contribution >= 4 is 57.3 Å². The van der Waals surface area contributed by atoms with Crippen LogP contribution in [0, 0.1) is 0 Å². The second-order valence-electron chi connectivity index (χ2n) is 6.03. The molecule has 0 unspecified atom stereocenters. The highest BCUT2D eigenvalue weighted by Crippen LogP contribution is 2.48. The maximum atomic E-state index is 13.0. The Morgan fingerprint density at radius 3 is 2.63 bits per heavy atom. The van der Waals surface area contributed by atoms with Crippen LogP contribution in [0.4, 0.5) is 11.4 Å². The molecule has 0 aliphatic carbocycles. The zero-order chi connectivity index (χ0) is 19.0. The van der Waals surface area contributed by atoms with E-state index < -0.39 is 0 Å². The summed E-state index contributed by atoms with van der Waals surface area (Å²) >= 11 is 9.41. The minimum Gasteiger partial charge on any atom is -0.359 e. The van der Waals surface area contributed by atoms with Gasteiger partial charge in [-0.1, -0.05) is 47.6 Å². The van der Waals surface area contributed by atoms with Crippen LogP contribution in [0.1, 0.15) is 6.92 Å². The van der Waals surface area contributed by atoms with Gasteiger partial charge in [0.25, 0.3) is 5.56 Å². The van der Waals surface area contributed by atoms with E-state index in [-0.39, 0.29) is 5.56 Å². The molecular weight excluding hydrogens is 398 g/mol. The van der Waals surface area contributed by atoms with E-state index in [9.17, 15) is 4.79 Å². The van der Waals surface area contributed by atoms with Gasteiger partial charge in [0, 0.05) is 25.5 Å². The van der Waals surface area contributed by atoms with Gasteiger partial charge < -0.3 is 10.2 Å². The number of fused-ring (bicyclic) bond motifs is 1. The molecule has 1 aliphatic rings. The molecule has 0 atom stereocenters. The third-order valence-electron chi connectivity index (χ3n) is 4.37. The number of halogens is 1. The minimum atomic E-state index is 0.0295. The highest BCUT2D eigenvalue weighted by molar-refractivity contribution is 8.08. The lowest BCUT2D eigenvalue weighted by Crippen LogP contribution is -2.33. The molecule has 138 valence electrons. The Balaban J connectivity index is 1.84. The Bertz CT molecular complexity index is 1170. The zero-order valence-electron chi connectivity index (χ0n) is 14.9. The van der Waals surface area contributed by atoms with Crippen molar-refractivity contribution in [3.63, 3.8) is 0 Å². The van der Waals surface area contributed by atoms with Crippen molar-refractivity contribution in [2.75, 3.05) is 17.3 Å². The predicted octanol–water partition coefficient (Wildman–Crippen LogP) is 3.74. The monoisotopic (exact) mass is 415 g/mol. The SMILES string of the molecule is CCn1c(=O)/c(=C2\Sc3c(Cl)cccc3N2C)s/c1=C\Nc1ccccc1. The fourth-order valence-electron chi connectivity index (χ4n) is 2.98. The molecule has 0 radical (unpaired) electrons. The molecule has 1 N–H and O–H groups in total. The second-order valence-corrected chi connectivity index (χ2v) is 8.46. The van der Waals surface area contributed by atoms with Crippen molar-refractivity contribution in [1.82, 2.24) is 4.57 Å². The van der Waals surface area contributed by atoms with E-state index in [0.717, 1.165) is 30.5 Å². The summed E-state index contributed by atoms with van der Waals surface area (Å²) in [6, 6.07) is 15.8. The van der Waals surface area contributed by atoms with Crippen molar-refractivity contribution in [2.45, 2.75) is 18.4 Å². The topological polar surface area (TPSA) is 37.3 Å². The largest absolute Gasteiger partial charge is 0.359 e. The van der Waals surface area contributed by atoms with E-state index in [1.807, 2.05) is 73.6 Å². The molecule has 1 aromatic heterocycles. The van der Waals surface area contributed by atoms with Crippen molar-refractivity contribution in [1.29, 1.82) is 0 Å². The molecule has 0 spiro atoms. The Kier molecular flexibility index (Phi) is 5.04. The average Bonchev–Trinajstić information content (AvgIpc) is 3.18. The Morgan fingerprint density at radius 2 is 1.93 bits per heavy atom. The zero-order valence-corrected chi connectivity index (χ0v) is 17.3. The maximum Gasteiger partial charge on any atom is 0.271 e. The van der Waals surface area contributed by atoms with Gasteiger partial charge in [0.15, 0.2) is 0 Å². The number of aromatic nitrogens is 1. The summed E-state index contributed by atoms with van der Waals surface area (Å²) in [5.74, 6) is 0. The lowest BCUT2D eigenvalue weighted by Gasteiger charge is -2.12. The summed E-state index contributed by atoms with van der Waals surface area (Å²) in [4.78, 5) is 16.1. The normalized spacial score (nSPS) is 16.0. The van der Waals surface area contributed by atoms with Crippen LogP contribution in [-0.2, 0) is 6.54 Å². The lowest BCUT2D eigenvalue weighted by atomic mass is 10.3. The summed E-state index contributed by atoms with van der Waals surface area (Å²) in [7, 11) is 1.98. The van der Waals surface area contributed by atoms with Crippen LogP contribution in [0.2, 0.25) is 5.02 Å². The van der Waals surface area contributed by atoms with Gasteiger partial charge in [-0.25, -0.2) is 0 Å². The number of anilines is 2. The predicted molar refractivity (Wildman–Crippen MR) is 117 cm³/mol. The first kappa shape index (κ1) is 18.2. The molecule has 0 saturated carbocycles. The molecule has 3 aromatic rings. The summed E-state index contributed by atoms with van der Waals surface area (Å²) in [5.41, 5.74) is 2.05.